The first kappa shape index (κ1) is 24.5. The molecule has 4 rings (SSSR count). The lowest BCUT2D eigenvalue weighted by molar-refractivity contribution is -0.137. The monoisotopic (exact) mass is 476 g/mol. The lowest BCUT2D eigenvalue weighted by atomic mass is 9.90. The zero-order chi connectivity index (χ0) is 24.8. The molecule has 0 heterocycles. The summed E-state index contributed by atoms with van der Waals surface area (Å²) in [4.78, 5) is 36.2. The number of alkyl carbamates (subject to hydrolysis) is 1. The number of rotatable bonds is 9. The average molecular weight is 477 g/mol. The number of carboxylic acids is 1. The molecule has 7 heteroatoms. The van der Waals surface area contributed by atoms with Gasteiger partial charge < -0.3 is 20.5 Å². The van der Waals surface area contributed by atoms with Gasteiger partial charge in [-0.3, -0.25) is 9.59 Å². The number of benzene rings is 2. The van der Waals surface area contributed by atoms with Gasteiger partial charge in [0.25, 0.3) is 0 Å². The quantitative estimate of drug-likeness (QED) is 0.458. The van der Waals surface area contributed by atoms with E-state index in [1.165, 1.54) is 11.1 Å². The Kier molecular flexibility index (Phi) is 7.85. The minimum Gasteiger partial charge on any atom is -0.481 e. The number of fused-ring (bicyclic) bond motifs is 3. The largest absolute Gasteiger partial charge is 0.481 e. The van der Waals surface area contributed by atoms with Gasteiger partial charge in [0.1, 0.15) is 6.61 Å². The van der Waals surface area contributed by atoms with E-state index in [-0.39, 0.29) is 42.9 Å². The highest BCUT2D eigenvalue weighted by Gasteiger charge is 2.30. The van der Waals surface area contributed by atoms with E-state index in [1.807, 2.05) is 43.3 Å². The third kappa shape index (κ3) is 5.91. The smallest absolute Gasteiger partial charge is 0.407 e. The Hall–Kier alpha value is -3.61. The van der Waals surface area contributed by atoms with Gasteiger partial charge in [-0.1, -0.05) is 67.6 Å². The maximum absolute atomic E-state index is 12.7. The molecule has 1 unspecified atom stereocenters. The number of ether oxygens (including phenoxy) is 1. The number of hydrogen-bond donors (Lipinski definition) is 3. The van der Waals surface area contributed by atoms with Crippen LogP contribution >= 0.6 is 0 Å². The van der Waals surface area contributed by atoms with Gasteiger partial charge in [0.15, 0.2) is 0 Å². The summed E-state index contributed by atoms with van der Waals surface area (Å²) in [6.07, 6.45) is 5.45. The Bertz CT molecular complexity index is 1070. The van der Waals surface area contributed by atoms with Crippen LogP contribution in [-0.4, -0.2) is 41.8 Å². The number of carbonyl (C=O) groups is 3. The minimum atomic E-state index is -0.870. The van der Waals surface area contributed by atoms with Gasteiger partial charge in [0, 0.05) is 24.3 Å². The van der Waals surface area contributed by atoms with Gasteiger partial charge in [0.2, 0.25) is 5.91 Å². The van der Waals surface area contributed by atoms with E-state index in [2.05, 4.69) is 34.9 Å². The first-order valence-corrected chi connectivity index (χ1v) is 12.3. The second-order valence-corrected chi connectivity index (χ2v) is 9.22. The predicted molar refractivity (Wildman–Crippen MR) is 133 cm³/mol. The maximum Gasteiger partial charge on any atom is 0.407 e. The van der Waals surface area contributed by atoms with Crippen LogP contribution in [0.25, 0.3) is 11.1 Å². The van der Waals surface area contributed by atoms with E-state index < -0.39 is 12.1 Å². The summed E-state index contributed by atoms with van der Waals surface area (Å²) < 4.78 is 5.63. The number of carboxylic acid groups (broad SMARTS) is 1. The van der Waals surface area contributed by atoms with Gasteiger partial charge in [-0.05, 0) is 47.9 Å². The van der Waals surface area contributed by atoms with Gasteiger partial charge in [0.05, 0.1) is 6.04 Å². The van der Waals surface area contributed by atoms with E-state index in [1.54, 1.807) is 0 Å². The normalized spacial score (nSPS) is 19.3. The number of hydrogen-bond acceptors (Lipinski definition) is 4. The first-order chi connectivity index (χ1) is 17.0. The highest BCUT2D eigenvalue weighted by atomic mass is 16.5. The molecule has 0 saturated heterocycles. The molecule has 0 bridgehead atoms. The van der Waals surface area contributed by atoms with Crippen molar-refractivity contribution in [2.45, 2.75) is 57.0 Å². The van der Waals surface area contributed by atoms with Crippen LogP contribution in [0, 0.1) is 5.92 Å². The Labute approximate surface area is 205 Å². The van der Waals surface area contributed by atoms with Crippen molar-refractivity contribution >= 4 is 18.0 Å². The van der Waals surface area contributed by atoms with Crippen LogP contribution < -0.4 is 10.6 Å². The Morgan fingerprint density at radius 3 is 2.34 bits per heavy atom. The predicted octanol–water partition coefficient (Wildman–Crippen LogP) is 4.62. The molecule has 0 spiro atoms. The van der Waals surface area contributed by atoms with Crippen molar-refractivity contribution in [3.63, 3.8) is 0 Å². The van der Waals surface area contributed by atoms with Crippen molar-refractivity contribution in [2.75, 3.05) is 6.61 Å². The molecule has 2 aliphatic carbocycles. The number of amides is 2. The van der Waals surface area contributed by atoms with Crippen LogP contribution in [-0.2, 0) is 14.3 Å². The summed E-state index contributed by atoms with van der Waals surface area (Å²) in [6, 6.07) is 15.9. The molecule has 0 aliphatic heterocycles. The van der Waals surface area contributed by atoms with Crippen molar-refractivity contribution < 1.29 is 24.2 Å². The van der Waals surface area contributed by atoms with Crippen molar-refractivity contribution in [3.05, 3.63) is 71.8 Å². The molecule has 184 valence electrons. The van der Waals surface area contributed by atoms with Crippen LogP contribution in [0.2, 0.25) is 0 Å². The number of carbonyl (C=O) groups excluding carboxylic acids is 2. The van der Waals surface area contributed by atoms with Crippen molar-refractivity contribution in [3.8, 4) is 11.1 Å². The molecular weight excluding hydrogens is 444 g/mol. The number of nitrogens with one attached hydrogen (secondary N) is 2. The topological polar surface area (TPSA) is 105 Å². The van der Waals surface area contributed by atoms with E-state index in [9.17, 15) is 14.4 Å². The molecular formula is C28H32N2O5. The molecule has 3 N–H and O–H groups in total. The number of allylic oxidation sites excluding steroid dienone is 1. The lowest BCUT2D eigenvalue weighted by Gasteiger charge is -2.27. The Morgan fingerprint density at radius 2 is 1.71 bits per heavy atom. The second-order valence-electron chi connectivity index (χ2n) is 9.22. The summed E-state index contributed by atoms with van der Waals surface area (Å²) in [5.74, 6) is -1.26. The average Bonchev–Trinajstić information content (AvgIpc) is 3.19. The minimum absolute atomic E-state index is 0.00893. The zero-order valence-corrected chi connectivity index (χ0v) is 19.9. The first-order valence-electron chi connectivity index (χ1n) is 12.3. The second kappa shape index (κ2) is 11.2. The summed E-state index contributed by atoms with van der Waals surface area (Å²) in [7, 11) is 0. The van der Waals surface area contributed by atoms with E-state index in [0.29, 0.717) is 25.7 Å². The number of aliphatic carboxylic acids is 1. The van der Waals surface area contributed by atoms with Crippen LogP contribution in [0.4, 0.5) is 4.79 Å². The fraction of sp³-hybridized carbons (Fsp3) is 0.393. The fourth-order valence-electron chi connectivity index (χ4n) is 5.00. The molecule has 7 nitrogen and oxygen atoms in total. The van der Waals surface area contributed by atoms with Gasteiger partial charge in [-0.2, -0.15) is 0 Å². The van der Waals surface area contributed by atoms with Crippen molar-refractivity contribution in [1.29, 1.82) is 0 Å². The van der Waals surface area contributed by atoms with E-state index in [0.717, 1.165) is 11.1 Å². The standard InChI is InChI=1S/C28H32N2O5/c1-2-19(14-15-26(31)32)29-27(33)18-8-7-9-20(16-18)30-28(34)35-17-25-23-12-5-3-10-21(23)22-11-4-6-13-24(22)25/h3-7,9-13,18-20,25H,2,8,14-17H2,1H3,(H,29,33)(H,30,34)(H,31,32)/t18-,19?,20-/m1/s1. The van der Waals surface area contributed by atoms with Crippen LogP contribution in [0.1, 0.15) is 56.1 Å². The Morgan fingerprint density at radius 1 is 1.06 bits per heavy atom. The fourth-order valence-corrected chi connectivity index (χ4v) is 5.00. The van der Waals surface area contributed by atoms with Crippen LogP contribution in [0.5, 0.6) is 0 Å². The summed E-state index contributed by atoms with van der Waals surface area (Å²) >= 11 is 0. The maximum atomic E-state index is 12.7. The van der Waals surface area contributed by atoms with Crippen LogP contribution in [0.3, 0.4) is 0 Å². The SMILES string of the molecule is CCC(CCC(=O)O)NC(=O)[C@@H]1CC=C[C@@H](NC(=O)OCC2c3ccccc3-c3ccccc32)C1. The molecule has 35 heavy (non-hydrogen) atoms. The highest BCUT2D eigenvalue weighted by Crippen LogP contribution is 2.44. The molecule has 3 atom stereocenters. The van der Waals surface area contributed by atoms with E-state index in [4.69, 9.17) is 9.84 Å². The third-order valence-corrected chi connectivity index (χ3v) is 6.89. The van der Waals surface area contributed by atoms with Gasteiger partial charge in [-0.25, -0.2) is 4.79 Å². The van der Waals surface area contributed by atoms with Gasteiger partial charge >= 0.3 is 12.1 Å². The molecule has 2 aromatic carbocycles. The summed E-state index contributed by atoms with van der Waals surface area (Å²) in [6.45, 7) is 2.16. The van der Waals surface area contributed by atoms with Crippen LogP contribution in [0.15, 0.2) is 60.7 Å². The molecule has 2 aromatic rings. The van der Waals surface area contributed by atoms with Crippen molar-refractivity contribution in [1.82, 2.24) is 10.6 Å². The van der Waals surface area contributed by atoms with Crippen molar-refractivity contribution in [2.24, 2.45) is 5.92 Å². The lowest BCUT2D eigenvalue weighted by Crippen LogP contribution is -2.43. The molecule has 2 amide bonds. The summed E-state index contributed by atoms with van der Waals surface area (Å²) in [5, 5.41) is 14.7. The molecule has 0 saturated carbocycles. The molecule has 0 fully saturated rings. The molecule has 2 aliphatic rings. The van der Waals surface area contributed by atoms with E-state index >= 15 is 0 Å². The highest BCUT2D eigenvalue weighted by molar-refractivity contribution is 5.80. The summed E-state index contributed by atoms with van der Waals surface area (Å²) in [5.41, 5.74) is 4.66. The third-order valence-electron chi connectivity index (χ3n) is 6.89. The van der Waals surface area contributed by atoms with Gasteiger partial charge in [-0.15, -0.1) is 0 Å². The molecule has 0 aromatic heterocycles. The Balaban J connectivity index is 1.30. The molecule has 0 radical (unpaired) electrons. The zero-order valence-electron chi connectivity index (χ0n) is 19.9.